The third-order valence-corrected chi connectivity index (χ3v) is 5.48. The Morgan fingerprint density at radius 2 is 1.75 bits per heavy atom. The van der Waals surface area contributed by atoms with Crippen molar-refractivity contribution in [3.8, 4) is 0 Å². The minimum absolute atomic E-state index is 0.0241. The first-order valence-electron chi connectivity index (χ1n) is 9.52. The maximum absolute atomic E-state index is 14.2. The van der Waals surface area contributed by atoms with E-state index < -0.39 is 0 Å². The molecule has 0 heterocycles. The molecule has 0 radical (unpaired) electrons. The summed E-state index contributed by atoms with van der Waals surface area (Å²) in [7, 11) is 5.81. The first-order valence-corrected chi connectivity index (χ1v) is 9.90. The van der Waals surface area contributed by atoms with E-state index in [4.69, 9.17) is 11.6 Å². The highest BCUT2D eigenvalue weighted by molar-refractivity contribution is 6.31. The van der Waals surface area contributed by atoms with E-state index in [1.54, 1.807) is 17.0 Å². The predicted molar refractivity (Wildman–Crippen MR) is 112 cm³/mol. The molecule has 0 aromatic heterocycles. The smallest absolute Gasteiger partial charge is 0.236 e. The number of hydrogen-bond donors (Lipinski definition) is 0. The zero-order chi connectivity index (χ0) is 20.3. The molecule has 0 aliphatic heterocycles. The zero-order valence-electron chi connectivity index (χ0n) is 16.7. The fraction of sp³-hybridized carbons (Fsp3) is 0.409. The fourth-order valence-electron chi connectivity index (χ4n) is 3.20. The lowest BCUT2D eigenvalue weighted by Crippen LogP contribution is -2.39. The van der Waals surface area contributed by atoms with Gasteiger partial charge in [0.05, 0.1) is 6.54 Å². The molecule has 0 saturated heterocycles. The number of carbonyl (C=O) groups is 1. The summed E-state index contributed by atoms with van der Waals surface area (Å²) in [6, 6.07) is 13.2. The number of likely N-dealkylation sites (N-methyl/N-ethyl adjacent to an activating group) is 1. The summed E-state index contributed by atoms with van der Waals surface area (Å²) < 4.78 is 14.2. The molecule has 0 spiro atoms. The van der Waals surface area contributed by atoms with Crippen LogP contribution in [0.5, 0.6) is 0 Å². The quantitative estimate of drug-likeness (QED) is 0.662. The summed E-state index contributed by atoms with van der Waals surface area (Å²) in [6.45, 7) is 1.17. The summed E-state index contributed by atoms with van der Waals surface area (Å²) in [5.74, 6) is -0.295. The summed E-state index contributed by atoms with van der Waals surface area (Å²) >= 11 is 6.17. The van der Waals surface area contributed by atoms with Crippen molar-refractivity contribution in [2.45, 2.75) is 32.0 Å². The van der Waals surface area contributed by atoms with Gasteiger partial charge in [-0.15, -0.1) is 0 Å². The van der Waals surface area contributed by atoms with Gasteiger partial charge in [0.1, 0.15) is 5.82 Å². The van der Waals surface area contributed by atoms with Crippen LogP contribution in [0.2, 0.25) is 5.02 Å². The van der Waals surface area contributed by atoms with Crippen LogP contribution in [0.4, 0.5) is 10.1 Å². The molecule has 28 heavy (non-hydrogen) atoms. The first kappa shape index (κ1) is 20.6. The van der Waals surface area contributed by atoms with Gasteiger partial charge in [-0.25, -0.2) is 4.39 Å². The van der Waals surface area contributed by atoms with Crippen molar-refractivity contribution in [2.75, 3.05) is 32.6 Å². The third kappa shape index (κ3) is 5.24. The highest BCUT2D eigenvalue weighted by Crippen LogP contribution is 2.30. The monoisotopic (exact) mass is 403 g/mol. The van der Waals surface area contributed by atoms with Crippen molar-refractivity contribution in [2.24, 2.45) is 0 Å². The molecule has 1 fully saturated rings. The number of rotatable bonds is 8. The fourth-order valence-corrected chi connectivity index (χ4v) is 3.42. The van der Waals surface area contributed by atoms with E-state index in [2.05, 4.69) is 0 Å². The average Bonchev–Trinajstić information content (AvgIpc) is 3.49. The standard InChI is InChI=1S/C22H27ClFN3O/c1-25(2)17-9-7-16(8-10-17)13-26(3)22(28)15-27(18-11-12-18)14-19-20(23)5-4-6-21(19)24/h4-10,18H,11-15H2,1-3H3. The van der Waals surface area contributed by atoms with Crippen molar-refractivity contribution in [3.63, 3.8) is 0 Å². The van der Waals surface area contributed by atoms with Gasteiger partial charge in [0.2, 0.25) is 5.91 Å². The highest BCUT2D eigenvalue weighted by Gasteiger charge is 2.32. The molecule has 2 aromatic carbocycles. The van der Waals surface area contributed by atoms with Gasteiger partial charge < -0.3 is 9.80 Å². The molecule has 4 nitrogen and oxygen atoms in total. The van der Waals surface area contributed by atoms with Gasteiger partial charge in [-0.05, 0) is 42.7 Å². The maximum atomic E-state index is 14.2. The lowest BCUT2D eigenvalue weighted by atomic mass is 10.1. The number of halogens is 2. The summed E-state index contributed by atoms with van der Waals surface area (Å²) in [6.07, 6.45) is 2.07. The second-order valence-corrected chi connectivity index (χ2v) is 8.05. The highest BCUT2D eigenvalue weighted by atomic mass is 35.5. The first-order chi connectivity index (χ1) is 13.3. The number of anilines is 1. The van der Waals surface area contributed by atoms with Crippen molar-refractivity contribution in [1.29, 1.82) is 0 Å². The van der Waals surface area contributed by atoms with Crippen molar-refractivity contribution in [3.05, 3.63) is 64.4 Å². The number of benzene rings is 2. The van der Waals surface area contributed by atoms with E-state index in [-0.39, 0.29) is 18.3 Å². The van der Waals surface area contributed by atoms with Crippen LogP contribution in [0.25, 0.3) is 0 Å². The van der Waals surface area contributed by atoms with Crippen LogP contribution in [0.1, 0.15) is 24.0 Å². The van der Waals surface area contributed by atoms with Gasteiger partial charge >= 0.3 is 0 Å². The van der Waals surface area contributed by atoms with E-state index in [1.807, 2.05) is 55.2 Å². The van der Waals surface area contributed by atoms with Gasteiger partial charge in [0, 0.05) is 56.5 Å². The molecule has 0 bridgehead atoms. The Balaban J connectivity index is 1.62. The van der Waals surface area contributed by atoms with Crippen LogP contribution >= 0.6 is 11.6 Å². The SMILES string of the molecule is CN(Cc1ccc(N(C)C)cc1)C(=O)CN(Cc1c(F)cccc1Cl)C1CC1. The summed E-state index contributed by atoms with van der Waals surface area (Å²) in [5.41, 5.74) is 2.67. The van der Waals surface area contributed by atoms with Crippen LogP contribution in [0.15, 0.2) is 42.5 Å². The molecule has 1 aliphatic carbocycles. The van der Waals surface area contributed by atoms with Gasteiger partial charge in [-0.1, -0.05) is 29.8 Å². The number of hydrogen-bond acceptors (Lipinski definition) is 3. The Bertz CT molecular complexity index is 801. The topological polar surface area (TPSA) is 26.8 Å². The van der Waals surface area contributed by atoms with Crippen LogP contribution in [0.3, 0.4) is 0 Å². The molecule has 1 aliphatic rings. The molecular weight excluding hydrogens is 377 g/mol. The molecule has 3 rings (SSSR count). The van der Waals surface area contributed by atoms with Gasteiger partial charge in [0.25, 0.3) is 0 Å². The van der Waals surface area contributed by atoms with Crippen LogP contribution in [-0.2, 0) is 17.9 Å². The molecule has 150 valence electrons. The lowest BCUT2D eigenvalue weighted by molar-refractivity contribution is -0.132. The molecule has 1 saturated carbocycles. The minimum atomic E-state index is -0.320. The van der Waals surface area contributed by atoms with Crippen LogP contribution < -0.4 is 4.90 Å². The average molecular weight is 404 g/mol. The Labute approximate surface area is 171 Å². The Morgan fingerprint density at radius 3 is 2.32 bits per heavy atom. The third-order valence-electron chi connectivity index (χ3n) is 5.12. The molecule has 6 heteroatoms. The maximum Gasteiger partial charge on any atom is 0.236 e. The molecule has 0 N–H and O–H groups in total. The van der Waals surface area contributed by atoms with Gasteiger partial charge in [0.15, 0.2) is 0 Å². The largest absolute Gasteiger partial charge is 0.378 e. The number of carbonyl (C=O) groups excluding carboxylic acids is 1. The molecular formula is C22H27ClFN3O. The zero-order valence-corrected chi connectivity index (χ0v) is 17.4. The van der Waals surface area contributed by atoms with E-state index >= 15 is 0 Å². The van der Waals surface area contributed by atoms with Crippen LogP contribution in [-0.4, -0.2) is 49.4 Å². The second kappa shape index (κ2) is 8.93. The second-order valence-electron chi connectivity index (χ2n) is 7.65. The Morgan fingerprint density at radius 1 is 1.07 bits per heavy atom. The van der Waals surface area contributed by atoms with Crippen molar-refractivity contribution < 1.29 is 9.18 Å². The number of amides is 1. The van der Waals surface area contributed by atoms with E-state index in [1.165, 1.54) is 6.07 Å². The normalized spacial score (nSPS) is 13.6. The van der Waals surface area contributed by atoms with Gasteiger partial charge in [-0.2, -0.15) is 0 Å². The summed E-state index contributed by atoms with van der Waals surface area (Å²) in [4.78, 5) is 18.6. The van der Waals surface area contributed by atoms with Crippen molar-refractivity contribution in [1.82, 2.24) is 9.80 Å². The summed E-state index contributed by atoms with van der Waals surface area (Å²) in [5, 5.41) is 0.410. The van der Waals surface area contributed by atoms with Crippen LogP contribution in [0, 0.1) is 5.82 Å². The van der Waals surface area contributed by atoms with E-state index in [0.717, 1.165) is 24.1 Å². The minimum Gasteiger partial charge on any atom is -0.378 e. The Hall–Kier alpha value is -2.11. The molecule has 0 unspecified atom stereocenters. The van der Waals surface area contributed by atoms with E-state index in [9.17, 15) is 9.18 Å². The number of nitrogens with zero attached hydrogens (tertiary/aromatic N) is 3. The molecule has 1 amide bonds. The van der Waals surface area contributed by atoms with Gasteiger partial charge in [-0.3, -0.25) is 9.69 Å². The van der Waals surface area contributed by atoms with E-state index in [0.29, 0.717) is 29.7 Å². The molecule has 2 aromatic rings. The van der Waals surface area contributed by atoms with Crippen molar-refractivity contribution >= 4 is 23.2 Å². The predicted octanol–water partition coefficient (Wildman–Crippen LogP) is 4.17. The molecule has 0 atom stereocenters. The Kier molecular flexibility index (Phi) is 6.57. The lowest BCUT2D eigenvalue weighted by Gasteiger charge is -2.26.